The highest BCUT2D eigenvalue weighted by Crippen LogP contribution is 2.21. The van der Waals surface area contributed by atoms with Gasteiger partial charge in [0, 0.05) is 25.0 Å². The zero-order valence-corrected chi connectivity index (χ0v) is 8.78. The Morgan fingerprint density at radius 1 is 1.50 bits per heavy atom. The fourth-order valence-corrected chi connectivity index (χ4v) is 2.42. The number of likely N-dealkylation sites (N-methyl/N-ethyl adjacent to an activating group) is 1. The van der Waals surface area contributed by atoms with Crippen molar-refractivity contribution in [2.45, 2.75) is 18.6 Å². The molecular weight excluding hydrogens is 180 g/mol. The Morgan fingerprint density at radius 3 is 3.07 bits per heavy atom. The number of nitrogens with zero attached hydrogens (tertiary/aromatic N) is 1. The standard InChI is InChI=1S/C10H20N2O2/c1-12-4-5-14-7-9(12)8-6-11-3-2-10(8)13/h8-11,13H,2-7H2,1H3. The van der Waals surface area contributed by atoms with Crippen LogP contribution in [-0.2, 0) is 4.74 Å². The van der Waals surface area contributed by atoms with Gasteiger partial charge in [-0.3, -0.25) is 4.90 Å². The van der Waals surface area contributed by atoms with Gasteiger partial charge in [0.2, 0.25) is 0 Å². The molecule has 2 heterocycles. The quantitative estimate of drug-likeness (QED) is 0.587. The van der Waals surface area contributed by atoms with Crippen LogP contribution in [-0.4, -0.2) is 62.0 Å². The highest BCUT2D eigenvalue weighted by molar-refractivity contribution is 4.88. The molecule has 3 unspecified atom stereocenters. The summed E-state index contributed by atoms with van der Waals surface area (Å²) in [4.78, 5) is 2.31. The maximum atomic E-state index is 9.92. The molecule has 2 N–H and O–H groups in total. The lowest BCUT2D eigenvalue weighted by molar-refractivity contribution is -0.0540. The molecule has 0 aromatic rings. The molecule has 0 amide bonds. The number of rotatable bonds is 1. The highest BCUT2D eigenvalue weighted by Gasteiger charge is 2.34. The van der Waals surface area contributed by atoms with E-state index in [4.69, 9.17) is 4.74 Å². The van der Waals surface area contributed by atoms with Crippen LogP contribution in [0.1, 0.15) is 6.42 Å². The topological polar surface area (TPSA) is 44.7 Å². The van der Waals surface area contributed by atoms with Gasteiger partial charge in [-0.1, -0.05) is 0 Å². The fourth-order valence-electron chi connectivity index (χ4n) is 2.42. The molecule has 0 aliphatic carbocycles. The average Bonchev–Trinajstić information content (AvgIpc) is 2.20. The largest absolute Gasteiger partial charge is 0.393 e. The van der Waals surface area contributed by atoms with Gasteiger partial charge < -0.3 is 15.2 Å². The van der Waals surface area contributed by atoms with Crippen LogP contribution in [0.2, 0.25) is 0 Å². The molecule has 4 heteroatoms. The van der Waals surface area contributed by atoms with E-state index >= 15 is 0 Å². The van der Waals surface area contributed by atoms with Gasteiger partial charge >= 0.3 is 0 Å². The zero-order chi connectivity index (χ0) is 9.97. The van der Waals surface area contributed by atoms with Crippen LogP contribution in [0.15, 0.2) is 0 Å². The van der Waals surface area contributed by atoms with Crippen LogP contribution in [0, 0.1) is 5.92 Å². The van der Waals surface area contributed by atoms with Crippen molar-refractivity contribution < 1.29 is 9.84 Å². The minimum atomic E-state index is -0.162. The Bertz CT molecular complexity index is 169. The molecule has 0 bridgehead atoms. The van der Waals surface area contributed by atoms with Gasteiger partial charge in [0.25, 0.3) is 0 Å². The van der Waals surface area contributed by atoms with Gasteiger partial charge in [-0.05, 0) is 20.0 Å². The van der Waals surface area contributed by atoms with Gasteiger partial charge in [0.05, 0.1) is 19.3 Å². The normalized spacial score (nSPS) is 41.1. The summed E-state index contributed by atoms with van der Waals surface area (Å²) in [7, 11) is 2.12. The second-order valence-corrected chi connectivity index (χ2v) is 4.35. The van der Waals surface area contributed by atoms with Crippen LogP contribution >= 0.6 is 0 Å². The Balaban J connectivity index is 1.96. The van der Waals surface area contributed by atoms with Crippen molar-refractivity contribution >= 4 is 0 Å². The summed E-state index contributed by atoms with van der Waals surface area (Å²) in [5.41, 5.74) is 0. The van der Waals surface area contributed by atoms with E-state index in [2.05, 4.69) is 17.3 Å². The number of piperidine rings is 1. The summed E-state index contributed by atoms with van der Waals surface area (Å²) >= 11 is 0. The molecule has 3 atom stereocenters. The molecule has 0 aromatic heterocycles. The van der Waals surface area contributed by atoms with Crippen LogP contribution in [0.5, 0.6) is 0 Å². The lowest BCUT2D eigenvalue weighted by atomic mass is 9.88. The first-order valence-electron chi connectivity index (χ1n) is 5.46. The van der Waals surface area contributed by atoms with E-state index in [9.17, 15) is 5.11 Å². The van der Waals surface area contributed by atoms with Crippen molar-refractivity contribution in [1.82, 2.24) is 10.2 Å². The Kier molecular flexibility index (Phi) is 3.38. The van der Waals surface area contributed by atoms with E-state index in [0.29, 0.717) is 12.0 Å². The molecule has 0 aromatic carbocycles. The monoisotopic (exact) mass is 200 g/mol. The van der Waals surface area contributed by atoms with Crippen molar-refractivity contribution in [2.24, 2.45) is 5.92 Å². The molecule has 2 saturated heterocycles. The summed E-state index contributed by atoms with van der Waals surface area (Å²) in [6.07, 6.45) is 0.708. The van der Waals surface area contributed by atoms with E-state index in [1.54, 1.807) is 0 Å². The summed E-state index contributed by atoms with van der Waals surface area (Å²) in [6, 6.07) is 0.381. The number of ether oxygens (including phenoxy) is 1. The fraction of sp³-hybridized carbons (Fsp3) is 1.00. The molecule has 0 saturated carbocycles. The first-order valence-corrected chi connectivity index (χ1v) is 5.46. The molecule has 0 spiro atoms. The van der Waals surface area contributed by atoms with Gasteiger partial charge in [0.1, 0.15) is 0 Å². The number of aliphatic hydroxyl groups excluding tert-OH is 1. The van der Waals surface area contributed by atoms with Crippen molar-refractivity contribution in [3.8, 4) is 0 Å². The van der Waals surface area contributed by atoms with Crippen LogP contribution in [0.4, 0.5) is 0 Å². The first kappa shape index (κ1) is 10.4. The SMILES string of the molecule is CN1CCOCC1C1CNCCC1O. The van der Waals surface area contributed by atoms with Gasteiger partial charge in [-0.25, -0.2) is 0 Å². The minimum absolute atomic E-state index is 0.162. The van der Waals surface area contributed by atoms with Crippen LogP contribution in [0.25, 0.3) is 0 Å². The summed E-state index contributed by atoms with van der Waals surface area (Å²) in [6.45, 7) is 4.42. The summed E-state index contributed by atoms with van der Waals surface area (Å²) < 4.78 is 5.47. The van der Waals surface area contributed by atoms with Crippen LogP contribution < -0.4 is 5.32 Å². The molecule has 2 aliphatic heterocycles. The van der Waals surface area contributed by atoms with Crippen LogP contribution in [0.3, 0.4) is 0 Å². The number of hydrogen-bond donors (Lipinski definition) is 2. The van der Waals surface area contributed by atoms with Crippen molar-refractivity contribution in [3.05, 3.63) is 0 Å². The Morgan fingerprint density at radius 2 is 2.36 bits per heavy atom. The van der Waals surface area contributed by atoms with Gasteiger partial charge in [0.15, 0.2) is 0 Å². The maximum Gasteiger partial charge on any atom is 0.0626 e. The van der Waals surface area contributed by atoms with E-state index in [1.807, 2.05) is 0 Å². The Hall–Kier alpha value is -0.160. The third-order valence-corrected chi connectivity index (χ3v) is 3.43. The van der Waals surface area contributed by atoms with Gasteiger partial charge in [-0.2, -0.15) is 0 Å². The van der Waals surface area contributed by atoms with Gasteiger partial charge in [-0.15, -0.1) is 0 Å². The summed E-state index contributed by atoms with van der Waals surface area (Å²) in [5.74, 6) is 0.328. The number of hydrogen-bond acceptors (Lipinski definition) is 4. The minimum Gasteiger partial charge on any atom is -0.393 e. The molecule has 2 fully saturated rings. The lowest BCUT2D eigenvalue weighted by Gasteiger charge is -2.41. The van der Waals surface area contributed by atoms with Crippen molar-refractivity contribution in [2.75, 3.05) is 39.9 Å². The Labute approximate surface area is 85.2 Å². The van der Waals surface area contributed by atoms with Crippen molar-refractivity contribution in [1.29, 1.82) is 0 Å². The molecule has 2 rings (SSSR count). The smallest absolute Gasteiger partial charge is 0.0626 e. The molecule has 0 radical (unpaired) electrons. The molecule has 14 heavy (non-hydrogen) atoms. The summed E-state index contributed by atoms with van der Waals surface area (Å²) in [5, 5.41) is 13.3. The second-order valence-electron chi connectivity index (χ2n) is 4.35. The predicted octanol–water partition coefficient (Wildman–Crippen LogP) is -0.713. The highest BCUT2D eigenvalue weighted by atomic mass is 16.5. The number of aliphatic hydroxyl groups is 1. The predicted molar refractivity (Wildman–Crippen MR) is 54.2 cm³/mol. The maximum absolute atomic E-state index is 9.92. The van der Waals surface area contributed by atoms with E-state index in [1.165, 1.54) is 0 Å². The third-order valence-electron chi connectivity index (χ3n) is 3.43. The van der Waals surface area contributed by atoms with E-state index < -0.39 is 0 Å². The first-order chi connectivity index (χ1) is 6.79. The molecular formula is C10H20N2O2. The zero-order valence-electron chi connectivity index (χ0n) is 8.78. The molecule has 2 aliphatic rings. The van der Waals surface area contributed by atoms with E-state index in [0.717, 1.165) is 39.3 Å². The average molecular weight is 200 g/mol. The third kappa shape index (κ3) is 2.08. The number of morpholine rings is 1. The molecule has 82 valence electrons. The lowest BCUT2D eigenvalue weighted by Crippen LogP contribution is -2.55. The number of nitrogens with one attached hydrogen (secondary N) is 1. The van der Waals surface area contributed by atoms with Crippen molar-refractivity contribution in [3.63, 3.8) is 0 Å². The second kappa shape index (κ2) is 4.57. The molecule has 4 nitrogen and oxygen atoms in total. The van der Waals surface area contributed by atoms with E-state index in [-0.39, 0.29) is 6.10 Å².